The predicted molar refractivity (Wildman–Crippen MR) is 163 cm³/mol. The van der Waals surface area contributed by atoms with E-state index in [9.17, 15) is 0 Å². The average Bonchev–Trinajstić information content (AvgIpc) is 3.04. The Bertz CT molecular complexity index is 1600. The summed E-state index contributed by atoms with van der Waals surface area (Å²) in [5, 5.41) is 0. The number of benzene rings is 5. The Morgan fingerprint density at radius 2 is 0.700 bits per heavy atom. The summed E-state index contributed by atoms with van der Waals surface area (Å²) in [7, 11) is 0. The first-order chi connectivity index (χ1) is 19.8. The summed E-state index contributed by atoms with van der Waals surface area (Å²) in [5.74, 6) is 0.251. The summed E-state index contributed by atoms with van der Waals surface area (Å²) in [6.45, 7) is 0. The second-order valence-electron chi connectivity index (χ2n) is 10.5. The van der Waals surface area contributed by atoms with Crippen molar-refractivity contribution in [2.24, 2.45) is 0 Å². The van der Waals surface area contributed by atoms with Crippen LogP contribution in [0.1, 0.15) is 45.5 Å². The maximum Gasteiger partial charge on any atom is 0.0969 e. The molecule has 1 aliphatic rings. The second kappa shape index (κ2) is 10.7. The van der Waals surface area contributed by atoms with E-state index in [0.29, 0.717) is 0 Å². The van der Waals surface area contributed by atoms with Crippen LogP contribution in [-0.4, -0.2) is 9.97 Å². The van der Waals surface area contributed by atoms with E-state index in [1.165, 1.54) is 22.3 Å². The molecule has 1 heterocycles. The SMILES string of the molecule is c1ccc(C[C@H]2c3ccccc3[C@H](Cc3ccccc3)c3nc(-c4ccccc4)c(-c4ccccc4)nc32)cc1. The minimum Gasteiger partial charge on any atom is -0.248 e. The lowest BCUT2D eigenvalue weighted by Crippen LogP contribution is -2.24. The van der Waals surface area contributed by atoms with Gasteiger partial charge in [0.2, 0.25) is 0 Å². The van der Waals surface area contributed by atoms with Crippen molar-refractivity contribution in [3.05, 3.63) is 179 Å². The molecule has 0 saturated heterocycles. The lowest BCUT2D eigenvalue weighted by molar-refractivity contribution is 0.645. The van der Waals surface area contributed by atoms with Gasteiger partial charge >= 0.3 is 0 Å². The molecular formula is C38H30N2. The zero-order chi connectivity index (χ0) is 26.7. The molecule has 2 nitrogen and oxygen atoms in total. The van der Waals surface area contributed by atoms with Gasteiger partial charge in [-0.15, -0.1) is 0 Å². The highest BCUT2D eigenvalue weighted by molar-refractivity contribution is 5.78. The molecule has 0 saturated carbocycles. The molecule has 0 radical (unpaired) electrons. The van der Waals surface area contributed by atoms with Crippen LogP contribution < -0.4 is 0 Å². The van der Waals surface area contributed by atoms with Crippen molar-refractivity contribution in [2.45, 2.75) is 24.7 Å². The molecule has 192 valence electrons. The van der Waals surface area contributed by atoms with E-state index in [0.717, 1.165) is 46.7 Å². The van der Waals surface area contributed by atoms with E-state index in [1.807, 2.05) is 0 Å². The Morgan fingerprint density at radius 3 is 1.07 bits per heavy atom. The molecule has 2 heteroatoms. The molecule has 5 aromatic carbocycles. The molecule has 0 aliphatic heterocycles. The summed E-state index contributed by atoms with van der Waals surface area (Å²) >= 11 is 0. The average molecular weight is 515 g/mol. The highest BCUT2D eigenvalue weighted by atomic mass is 14.9. The highest BCUT2D eigenvalue weighted by Crippen LogP contribution is 2.46. The van der Waals surface area contributed by atoms with E-state index in [4.69, 9.17) is 9.97 Å². The van der Waals surface area contributed by atoms with Crippen molar-refractivity contribution in [1.82, 2.24) is 9.97 Å². The highest BCUT2D eigenvalue weighted by Gasteiger charge is 2.36. The van der Waals surface area contributed by atoms with Crippen molar-refractivity contribution < 1.29 is 0 Å². The third kappa shape index (κ3) is 4.63. The normalized spacial score (nSPS) is 15.7. The summed E-state index contributed by atoms with van der Waals surface area (Å²) < 4.78 is 0. The number of hydrogen-bond donors (Lipinski definition) is 0. The van der Waals surface area contributed by atoms with Gasteiger partial charge in [-0.3, -0.25) is 0 Å². The maximum atomic E-state index is 5.57. The Hall–Kier alpha value is -4.82. The van der Waals surface area contributed by atoms with Crippen LogP contribution in [0.2, 0.25) is 0 Å². The zero-order valence-electron chi connectivity index (χ0n) is 22.3. The number of rotatable bonds is 6. The van der Waals surface area contributed by atoms with Crippen molar-refractivity contribution in [2.75, 3.05) is 0 Å². The molecule has 0 spiro atoms. The summed E-state index contributed by atoms with van der Waals surface area (Å²) in [5.41, 5.74) is 11.6. The Labute approximate surface area is 236 Å². The number of aromatic nitrogens is 2. The van der Waals surface area contributed by atoms with Crippen LogP contribution in [0.15, 0.2) is 146 Å². The van der Waals surface area contributed by atoms with Crippen LogP contribution in [0.4, 0.5) is 0 Å². The van der Waals surface area contributed by atoms with Gasteiger partial charge in [0.25, 0.3) is 0 Å². The molecular weight excluding hydrogens is 484 g/mol. The topological polar surface area (TPSA) is 25.8 Å². The Kier molecular flexibility index (Phi) is 6.51. The van der Waals surface area contributed by atoms with Gasteiger partial charge in [-0.1, -0.05) is 146 Å². The Balaban J connectivity index is 1.49. The van der Waals surface area contributed by atoms with E-state index in [2.05, 4.69) is 146 Å². The van der Waals surface area contributed by atoms with Gasteiger partial charge in [0.1, 0.15) is 0 Å². The van der Waals surface area contributed by atoms with Crippen molar-refractivity contribution >= 4 is 0 Å². The Morgan fingerprint density at radius 1 is 0.375 bits per heavy atom. The van der Waals surface area contributed by atoms with Gasteiger partial charge in [-0.25, -0.2) is 9.97 Å². The third-order valence-corrected chi connectivity index (χ3v) is 8.02. The van der Waals surface area contributed by atoms with E-state index in [1.54, 1.807) is 0 Å². The monoisotopic (exact) mass is 514 g/mol. The van der Waals surface area contributed by atoms with Crippen molar-refractivity contribution in [1.29, 1.82) is 0 Å². The van der Waals surface area contributed by atoms with Gasteiger partial charge in [0.15, 0.2) is 0 Å². The largest absolute Gasteiger partial charge is 0.248 e. The van der Waals surface area contributed by atoms with Crippen LogP contribution in [0.25, 0.3) is 22.5 Å². The molecule has 1 aromatic heterocycles. The summed E-state index contributed by atoms with van der Waals surface area (Å²) in [4.78, 5) is 11.1. The maximum absolute atomic E-state index is 5.57. The number of hydrogen-bond acceptors (Lipinski definition) is 2. The number of fused-ring (bicyclic) bond motifs is 2. The second-order valence-corrected chi connectivity index (χ2v) is 10.5. The fourth-order valence-corrected chi connectivity index (χ4v) is 6.12. The van der Waals surface area contributed by atoms with Gasteiger partial charge in [0, 0.05) is 23.0 Å². The van der Waals surface area contributed by atoms with Crippen molar-refractivity contribution in [3.8, 4) is 22.5 Å². The van der Waals surface area contributed by atoms with Gasteiger partial charge < -0.3 is 0 Å². The molecule has 0 bridgehead atoms. The molecule has 0 N–H and O–H groups in total. The van der Waals surface area contributed by atoms with Crippen LogP contribution in [0.3, 0.4) is 0 Å². The first-order valence-corrected chi connectivity index (χ1v) is 14.0. The summed E-state index contributed by atoms with van der Waals surface area (Å²) in [6.07, 6.45) is 1.77. The lowest BCUT2D eigenvalue weighted by atomic mass is 9.72. The van der Waals surface area contributed by atoms with E-state index >= 15 is 0 Å². The molecule has 0 fully saturated rings. The van der Waals surface area contributed by atoms with Crippen LogP contribution in [0, 0.1) is 0 Å². The molecule has 40 heavy (non-hydrogen) atoms. The smallest absolute Gasteiger partial charge is 0.0969 e. The van der Waals surface area contributed by atoms with E-state index in [-0.39, 0.29) is 11.8 Å². The van der Waals surface area contributed by atoms with E-state index < -0.39 is 0 Å². The minimum absolute atomic E-state index is 0.125. The van der Waals surface area contributed by atoms with Gasteiger partial charge in [0.05, 0.1) is 22.8 Å². The molecule has 1 aliphatic carbocycles. The fraction of sp³-hybridized carbons (Fsp3) is 0.105. The lowest BCUT2D eigenvalue weighted by Gasteiger charge is -2.34. The third-order valence-electron chi connectivity index (χ3n) is 8.02. The predicted octanol–water partition coefficient (Wildman–Crippen LogP) is 8.87. The molecule has 7 rings (SSSR count). The quantitative estimate of drug-likeness (QED) is 0.222. The van der Waals surface area contributed by atoms with Crippen LogP contribution in [0.5, 0.6) is 0 Å². The molecule has 0 amide bonds. The van der Waals surface area contributed by atoms with Crippen LogP contribution >= 0.6 is 0 Å². The van der Waals surface area contributed by atoms with Crippen LogP contribution in [-0.2, 0) is 12.8 Å². The molecule has 0 unspecified atom stereocenters. The van der Waals surface area contributed by atoms with Gasteiger partial charge in [-0.05, 0) is 35.1 Å². The molecule has 2 atom stereocenters. The fourth-order valence-electron chi connectivity index (χ4n) is 6.12. The minimum atomic E-state index is 0.125. The molecule has 6 aromatic rings. The first-order valence-electron chi connectivity index (χ1n) is 14.0. The van der Waals surface area contributed by atoms with Crippen molar-refractivity contribution in [3.63, 3.8) is 0 Å². The van der Waals surface area contributed by atoms with Gasteiger partial charge in [-0.2, -0.15) is 0 Å². The summed E-state index contributed by atoms with van der Waals surface area (Å²) in [6, 6.07) is 51.6. The first kappa shape index (κ1) is 24.2. The zero-order valence-corrected chi connectivity index (χ0v) is 22.3. The standard InChI is InChI=1S/C38H30N2/c1-5-15-27(16-6-1)25-33-31-23-13-14-24-32(31)34(26-28-17-7-2-8-18-28)38-37(33)39-35(29-19-9-3-10-20-29)36(40-38)30-21-11-4-12-22-30/h1-24,33-34H,25-26H2/t33-,34-/m0/s1. The number of nitrogens with zero attached hydrogens (tertiary/aromatic N) is 2.